The first kappa shape index (κ1) is 16.3. The Bertz CT molecular complexity index is 338. The van der Waals surface area contributed by atoms with E-state index < -0.39 is 0 Å². The minimum atomic E-state index is 1.17. The third-order valence-corrected chi connectivity index (χ3v) is 3.91. The SMILES string of the molecule is CCCCCCc1cc(CC)cc(CCCCC)c1. The minimum absolute atomic E-state index is 1.17. The van der Waals surface area contributed by atoms with Gasteiger partial charge in [-0.3, -0.25) is 0 Å². The van der Waals surface area contributed by atoms with Crippen molar-refractivity contribution < 1.29 is 0 Å². The van der Waals surface area contributed by atoms with Crippen LogP contribution in [-0.4, -0.2) is 0 Å². The summed E-state index contributed by atoms with van der Waals surface area (Å²) < 4.78 is 0. The van der Waals surface area contributed by atoms with Gasteiger partial charge in [0, 0.05) is 0 Å². The molecule has 1 aromatic carbocycles. The number of hydrogen-bond acceptors (Lipinski definition) is 0. The van der Waals surface area contributed by atoms with E-state index in [9.17, 15) is 0 Å². The fraction of sp³-hybridized carbons (Fsp3) is 0.684. The highest BCUT2D eigenvalue weighted by atomic mass is 14.1. The van der Waals surface area contributed by atoms with Gasteiger partial charge in [-0.1, -0.05) is 71.1 Å². The summed E-state index contributed by atoms with van der Waals surface area (Å²) in [5.41, 5.74) is 4.67. The van der Waals surface area contributed by atoms with E-state index in [0.29, 0.717) is 0 Å². The summed E-state index contributed by atoms with van der Waals surface area (Å²) in [5.74, 6) is 0. The second-order valence-corrected chi connectivity index (χ2v) is 5.78. The van der Waals surface area contributed by atoms with Crippen LogP contribution in [0.25, 0.3) is 0 Å². The van der Waals surface area contributed by atoms with Gasteiger partial charge in [-0.2, -0.15) is 0 Å². The van der Waals surface area contributed by atoms with Crippen LogP contribution in [0.2, 0.25) is 0 Å². The van der Waals surface area contributed by atoms with Crippen molar-refractivity contribution >= 4 is 0 Å². The van der Waals surface area contributed by atoms with Crippen LogP contribution in [-0.2, 0) is 19.3 Å². The smallest absolute Gasteiger partial charge is 0.0279 e. The summed E-state index contributed by atoms with van der Waals surface area (Å²) in [6, 6.07) is 7.31. The lowest BCUT2D eigenvalue weighted by Crippen LogP contribution is -1.94. The molecule has 0 N–H and O–H groups in total. The van der Waals surface area contributed by atoms with E-state index in [-0.39, 0.29) is 0 Å². The van der Waals surface area contributed by atoms with Crippen molar-refractivity contribution in [3.05, 3.63) is 34.9 Å². The molecule has 0 nitrogen and oxygen atoms in total. The highest BCUT2D eigenvalue weighted by Crippen LogP contribution is 2.16. The Balaban J connectivity index is 2.55. The van der Waals surface area contributed by atoms with Crippen LogP contribution in [0.4, 0.5) is 0 Å². The Morgan fingerprint density at radius 1 is 0.579 bits per heavy atom. The van der Waals surface area contributed by atoms with Crippen LogP contribution >= 0.6 is 0 Å². The fourth-order valence-corrected chi connectivity index (χ4v) is 2.67. The fourth-order valence-electron chi connectivity index (χ4n) is 2.67. The molecule has 0 bridgehead atoms. The molecule has 1 rings (SSSR count). The van der Waals surface area contributed by atoms with Crippen molar-refractivity contribution in [2.75, 3.05) is 0 Å². The standard InChI is InChI=1S/C19H32/c1-4-7-9-11-13-19-15-17(6-3)14-18(16-19)12-10-8-5-2/h14-16H,4-13H2,1-3H3. The predicted molar refractivity (Wildman–Crippen MR) is 86.9 cm³/mol. The lowest BCUT2D eigenvalue weighted by molar-refractivity contribution is 0.665. The van der Waals surface area contributed by atoms with E-state index in [4.69, 9.17) is 0 Å². The molecular formula is C19H32. The van der Waals surface area contributed by atoms with Crippen molar-refractivity contribution in [3.63, 3.8) is 0 Å². The average molecular weight is 260 g/mol. The molecule has 0 aromatic heterocycles. The topological polar surface area (TPSA) is 0 Å². The summed E-state index contributed by atoms with van der Waals surface area (Å²) in [7, 11) is 0. The normalized spacial score (nSPS) is 10.9. The van der Waals surface area contributed by atoms with Gasteiger partial charge in [0.25, 0.3) is 0 Å². The number of rotatable bonds is 10. The molecule has 0 fully saturated rings. The van der Waals surface area contributed by atoms with Crippen molar-refractivity contribution in [1.29, 1.82) is 0 Å². The zero-order chi connectivity index (χ0) is 13.9. The molecule has 1 aromatic rings. The first-order valence-electron chi connectivity index (χ1n) is 8.41. The van der Waals surface area contributed by atoms with Crippen LogP contribution < -0.4 is 0 Å². The maximum absolute atomic E-state index is 2.46. The van der Waals surface area contributed by atoms with Crippen LogP contribution in [0.5, 0.6) is 0 Å². The molecule has 0 atom stereocenters. The molecule has 0 saturated carbocycles. The molecular weight excluding hydrogens is 228 g/mol. The Morgan fingerprint density at radius 3 is 1.58 bits per heavy atom. The van der Waals surface area contributed by atoms with E-state index in [1.165, 1.54) is 69.8 Å². The zero-order valence-electron chi connectivity index (χ0n) is 13.3. The molecule has 0 amide bonds. The number of unbranched alkanes of at least 4 members (excludes halogenated alkanes) is 5. The summed E-state index contributed by atoms with van der Waals surface area (Å²) >= 11 is 0. The van der Waals surface area contributed by atoms with Gasteiger partial charge in [-0.05, 0) is 48.8 Å². The quantitative estimate of drug-likeness (QED) is 0.446. The monoisotopic (exact) mass is 260 g/mol. The summed E-state index contributed by atoms with van der Waals surface area (Å²) in [6.07, 6.45) is 13.2. The van der Waals surface area contributed by atoms with E-state index in [1.54, 1.807) is 11.1 Å². The lowest BCUT2D eigenvalue weighted by Gasteiger charge is -2.09. The van der Waals surface area contributed by atoms with Gasteiger partial charge in [0.1, 0.15) is 0 Å². The molecule has 0 unspecified atom stereocenters. The molecule has 0 spiro atoms. The Morgan fingerprint density at radius 2 is 1.05 bits per heavy atom. The third-order valence-electron chi connectivity index (χ3n) is 3.91. The second kappa shape index (κ2) is 10.1. The summed E-state index contributed by atoms with van der Waals surface area (Å²) in [4.78, 5) is 0. The Hall–Kier alpha value is -0.780. The van der Waals surface area contributed by atoms with Gasteiger partial charge in [-0.15, -0.1) is 0 Å². The predicted octanol–water partition coefficient (Wildman–Crippen LogP) is 6.10. The zero-order valence-corrected chi connectivity index (χ0v) is 13.3. The Labute approximate surface area is 120 Å². The number of hydrogen-bond donors (Lipinski definition) is 0. The van der Waals surface area contributed by atoms with Gasteiger partial charge < -0.3 is 0 Å². The van der Waals surface area contributed by atoms with Gasteiger partial charge in [-0.25, -0.2) is 0 Å². The van der Waals surface area contributed by atoms with Crippen molar-refractivity contribution in [2.24, 2.45) is 0 Å². The molecule has 19 heavy (non-hydrogen) atoms. The molecule has 0 heterocycles. The summed E-state index contributed by atoms with van der Waals surface area (Å²) in [5, 5.41) is 0. The van der Waals surface area contributed by atoms with Crippen LogP contribution in [0.3, 0.4) is 0 Å². The third kappa shape index (κ3) is 6.80. The molecule has 0 saturated heterocycles. The first-order valence-corrected chi connectivity index (χ1v) is 8.41. The van der Waals surface area contributed by atoms with Crippen molar-refractivity contribution in [2.45, 2.75) is 85.0 Å². The average Bonchev–Trinajstić information content (AvgIpc) is 2.44. The van der Waals surface area contributed by atoms with Crippen LogP contribution in [0, 0.1) is 0 Å². The van der Waals surface area contributed by atoms with Crippen molar-refractivity contribution in [1.82, 2.24) is 0 Å². The van der Waals surface area contributed by atoms with Crippen molar-refractivity contribution in [3.8, 4) is 0 Å². The molecule has 0 radical (unpaired) electrons. The maximum Gasteiger partial charge on any atom is -0.0279 e. The van der Waals surface area contributed by atoms with E-state index in [2.05, 4.69) is 39.0 Å². The van der Waals surface area contributed by atoms with E-state index in [1.807, 2.05) is 0 Å². The lowest BCUT2D eigenvalue weighted by atomic mass is 9.97. The molecule has 0 aliphatic rings. The largest absolute Gasteiger partial charge is 0.0654 e. The minimum Gasteiger partial charge on any atom is -0.0654 e. The highest BCUT2D eigenvalue weighted by molar-refractivity contribution is 5.30. The Kier molecular flexibility index (Phi) is 8.62. The number of aryl methyl sites for hydroxylation is 3. The van der Waals surface area contributed by atoms with Gasteiger partial charge in [0.2, 0.25) is 0 Å². The maximum atomic E-state index is 2.46. The van der Waals surface area contributed by atoms with Crippen LogP contribution in [0.1, 0.15) is 82.4 Å². The molecule has 108 valence electrons. The molecule has 0 aliphatic carbocycles. The van der Waals surface area contributed by atoms with Gasteiger partial charge in [0.05, 0.1) is 0 Å². The molecule has 0 aliphatic heterocycles. The van der Waals surface area contributed by atoms with Crippen LogP contribution in [0.15, 0.2) is 18.2 Å². The molecule has 0 heteroatoms. The number of benzene rings is 1. The first-order chi connectivity index (χ1) is 9.30. The summed E-state index contributed by atoms with van der Waals surface area (Å²) in [6.45, 7) is 6.83. The van der Waals surface area contributed by atoms with Gasteiger partial charge in [0.15, 0.2) is 0 Å². The van der Waals surface area contributed by atoms with E-state index >= 15 is 0 Å². The van der Waals surface area contributed by atoms with Gasteiger partial charge >= 0.3 is 0 Å². The van der Waals surface area contributed by atoms with E-state index in [0.717, 1.165) is 0 Å². The highest BCUT2D eigenvalue weighted by Gasteiger charge is 2.01. The second-order valence-electron chi connectivity index (χ2n) is 5.78.